The molecule has 122 valence electrons. The van der Waals surface area contributed by atoms with Gasteiger partial charge in [-0.2, -0.15) is 0 Å². The first-order valence-electron chi connectivity index (χ1n) is 6.88. The summed E-state index contributed by atoms with van der Waals surface area (Å²) in [6.45, 7) is -0.141. The van der Waals surface area contributed by atoms with Crippen LogP contribution in [-0.4, -0.2) is 27.6 Å². The molecule has 2 amide bonds. The first kappa shape index (κ1) is 17.2. The minimum absolute atomic E-state index is 0.141. The number of thiophene rings is 1. The fraction of sp³-hybridized carbons (Fsp3) is 0.0625. The van der Waals surface area contributed by atoms with Crippen LogP contribution in [0.5, 0.6) is 0 Å². The summed E-state index contributed by atoms with van der Waals surface area (Å²) in [4.78, 5) is 27.4. The topological polar surface area (TPSA) is 49.4 Å². The van der Waals surface area contributed by atoms with E-state index >= 15 is 0 Å². The van der Waals surface area contributed by atoms with Gasteiger partial charge in [0.05, 0.1) is 15.6 Å². The highest BCUT2D eigenvalue weighted by Gasteiger charge is 2.33. The highest BCUT2D eigenvalue weighted by atomic mass is 35.5. The van der Waals surface area contributed by atoms with E-state index in [1.165, 1.54) is 28.0 Å². The Hall–Kier alpha value is -1.67. The Morgan fingerprint density at radius 3 is 2.79 bits per heavy atom. The van der Waals surface area contributed by atoms with Crippen molar-refractivity contribution in [2.45, 2.75) is 0 Å². The first-order valence-corrected chi connectivity index (χ1v) is 9.36. The third-order valence-corrected chi connectivity index (χ3v) is 5.67. The monoisotopic (exact) mass is 394 g/mol. The van der Waals surface area contributed by atoms with Crippen LogP contribution in [0, 0.1) is 0 Å². The molecule has 0 bridgehead atoms. The summed E-state index contributed by atoms with van der Waals surface area (Å²) in [5.74, 6) is -0.607. The second-order valence-corrected chi connectivity index (χ2v) is 7.87. The molecule has 1 N–H and O–H groups in total. The fourth-order valence-electron chi connectivity index (χ4n) is 2.03. The number of amides is 2. The predicted octanol–water partition coefficient (Wildman–Crippen LogP) is 4.24. The lowest BCUT2D eigenvalue weighted by atomic mass is 10.3. The Morgan fingerprint density at radius 2 is 2.08 bits per heavy atom. The number of thioether (sulfide) groups is 1. The zero-order valence-corrected chi connectivity index (χ0v) is 15.4. The summed E-state index contributed by atoms with van der Waals surface area (Å²) in [6.07, 6.45) is 1.79. The molecule has 24 heavy (non-hydrogen) atoms. The number of halogens is 1. The normalized spacial score (nSPS) is 16.0. The van der Waals surface area contributed by atoms with Gasteiger partial charge in [-0.25, -0.2) is 0 Å². The third kappa shape index (κ3) is 3.87. The number of rotatable bonds is 4. The largest absolute Gasteiger partial charge is 0.323 e. The Morgan fingerprint density at radius 1 is 1.29 bits per heavy atom. The van der Waals surface area contributed by atoms with E-state index in [-0.39, 0.29) is 18.4 Å². The van der Waals surface area contributed by atoms with E-state index in [9.17, 15) is 9.59 Å². The van der Waals surface area contributed by atoms with E-state index < -0.39 is 0 Å². The number of para-hydroxylation sites is 1. The maximum absolute atomic E-state index is 12.4. The second-order valence-electron chi connectivity index (χ2n) is 4.81. The lowest BCUT2D eigenvalue weighted by Gasteiger charge is -2.14. The lowest BCUT2D eigenvalue weighted by Crippen LogP contribution is -2.36. The molecule has 0 spiro atoms. The van der Waals surface area contributed by atoms with Gasteiger partial charge in [0, 0.05) is 4.88 Å². The molecule has 1 saturated heterocycles. The van der Waals surface area contributed by atoms with Crippen LogP contribution in [0.1, 0.15) is 4.88 Å². The summed E-state index contributed by atoms with van der Waals surface area (Å²) in [7, 11) is 0. The standard InChI is InChI=1S/C16H11ClN2O2S3/c17-11-5-1-2-6-12(11)18-14(20)9-19-15(21)13(24-16(19)22)8-10-4-3-7-23-10/h1-8H,9H2,(H,18,20)/b13-8-. The van der Waals surface area contributed by atoms with Crippen LogP contribution in [0.25, 0.3) is 6.08 Å². The summed E-state index contributed by atoms with van der Waals surface area (Å²) in [5.41, 5.74) is 0.503. The highest BCUT2D eigenvalue weighted by Crippen LogP contribution is 2.33. The number of hydrogen-bond donors (Lipinski definition) is 1. The Balaban J connectivity index is 1.69. The smallest absolute Gasteiger partial charge is 0.266 e. The van der Waals surface area contributed by atoms with Gasteiger partial charge >= 0.3 is 0 Å². The maximum Gasteiger partial charge on any atom is 0.266 e. The van der Waals surface area contributed by atoms with Crippen LogP contribution in [0.15, 0.2) is 46.7 Å². The van der Waals surface area contributed by atoms with Crippen LogP contribution in [0.3, 0.4) is 0 Å². The average molecular weight is 395 g/mol. The second kappa shape index (κ2) is 7.48. The van der Waals surface area contributed by atoms with Gasteiger partial charge in [-0.05, 0) is 29.7 Å². The molecule has 2 aromatic rings. The zero-order chi connectivity index (χ0) is 17.1. The lowest BCUT2D eigenvalue weighted by molar-refractivity contribution is -0.126. The third-order valence-electron chi connectivity index (χ3n) is 3.14. The van der Waals surface area contributed by atoms with Crippen LogP contribution in [0.2, 0.25) is 5.02 Å². The van der Waals surface area contributed by atoms with Gasteiger partial charge < -0.3 is 5.32 Å². The average Bonchev–Trinajstić information content (AvgIpc) is 3.14. The van der Waals surface area contributed by atoms with E-state index in [2.05, 4.69) is 5.32 Å². The molecule has 0 atom stereocenters. The molecule has 1 fully saturated rings. The van der Waals surface area contributed by atoms with E-state index in [4.69, 9.17) is 23.8 Å². The Bertz CT molecular complexity index is 834. The molecule has 2 heterocycles. The molecule has 1 aliphatic heterocycles. The molecule has 4 nitrogen and oxygen atoms in total. The molecule has 8 heteroatoms. The van der Waals surface area contributed by atoms with Gasteiger partial charge in [0.1, 0.15) is 10.9 Å². The molecule has 3 rings (SSSR count). The van der Waals surface area contributed by atoms with E-state index in [0.717, 1.165) is 4.88 Å². The maximum atomic E-state index is 12.4. The highest BCUT2D eigenvalue weighted by molar-refractivity contribution is 8.26. The molecular formula is C16H11ClN2O2S3. The Kier molecular flexibility index (Phi) is 5.35. The number of carbonyl (C=O) groups is 2. The first-order chi connectivity index (χ1) is 11.5. The molecule has 0 unspecified atom stereocenters. The van der Waals surface area contributed by atoms with Crippen molar-refractivity contribution >= 4 is 74.8 Å². The predicted molar refractivity (Wildman–Crippen MR) is 104 cm³/mol. The fourth-order valence-corrected chi connectivity index (χ4v) is 4.20. The van der Waals surface area contributed by atoms with Gasteiger partial charge in [-0.15, -0.1) is 11.3 Å². The molecule has 0 saturated carbocycles. The quantitative estimate of drug-likeness (QED) is 0.622. The van der Waals surface area contributed by atoms with Crippen LogP contribution >= 0.6 is 46.9 Å². The molecule has 0 radical (unpaired) electrons. The van der Waals surface area contributed by atoms with Crippen molar-refractivity contribution in [2.24, 2.45) is 0 Å². The number of carbonyl (C=O) groups excluding carboxylic acids is 2. The number of nitrogens with one attached hydrogen (secondary N) is 1. The SMILES string of the molecule is O=C(CN1C(=O)/C(=C/c2cccs2)SC1=S)Nc1ccccc1Cl. The van der Waals surface area contributed by atoms with Gasteiger partial charge in [0.25, 0.3) is 5.91 Å². The van der Waals surface area contributed by atoms with Crippen molar-refractivity contribution in [1.29, 1.82) is 0 Å². The zero-order valence-electron chi connectivity index (χ0n) is 12.2. The molecule has 1 aliphatic rings. The molecule has 1 aromatic carbocycles. The number of nitrogens with zero attached hydrogens (tertiary/aromatic N) is 1. The summed E-state index contributed by atoms with van der Waals surface area (Å²) in [5, 5.41) is 5.06. The Labute approximate surface area is 157 Å². The van der Waals surface area contributed by atoms with Crippen LogP contribution in [0.4, 0.5) is 5.69 Å². The van der Waals surface area contributed by atoms with Crippen molar-refractivity contribution in [3.8, 4) is 0 Å². The molecular weight excluding hydrogens is 384 g/mol. The summed E-state index contributed by atoms with van der Waals surface area (Å²) in [6, 6.07) is 10.7. The molecule has 1 aromatic heterocycles. The van der Waals surface area contributed by atoms with Gasteiger partial charge in [0.2, 0.25) is 5.91 Å². The number of hydrogen-bond acceptors (Lipinski definition) is 5. The molecule has 0 aliphatic carbocycles. The minimum atomic E-state index is -0.350. The van der Waals surface area contributed by atoms with E-state index in [1.807, 2.05) is 17.5 Å². The van der Waals surface area contributed by atoms with Gasteiger partial charge in [0.15, 0.2) is 0 Å². The van der Waals surface area contributed by atoms with Gasteiger partial charge in [-0.1, -0.05) is 53.8 Å². The number of anilines is 1. The summed E-state index contributed by atoms with van der Waals surface area (Å²) >= 11 is 14.0. The van der Waals surface area contributed by atoms with Crippen LogP contribution in [-0.2, 0) is 9.59 Å². The van der Waals surface area contributed by atoms with Crippen molar-refractivity contribution in [3.63, 3.8) is 0 Å². The van der Waals surface area contributed by atoms with E-state index in [0.29, 0.717) is 19.9 Å². The summed E-state index contributed by atoms with van der Waals surface area (Å²) < 4.78 is 0.372. The number of benzene rings is 1. The van der Waals surface area contributed by atoms with Crippen molar-refractivity contribution < 1.29 is 9.59 Å². The minimum Gasteiger partial charge on any atom is -0.323 e. The van der Waals surface area contributed by atoms with E-state index in [1.54, 1.807) is 30.3 Å². The van der Waals surface area contributed by atoms with Crippen molar-refractivity contribution in [3.05, 3.63) is 56.6 Å². The van der Waals surface area contributed by atoms with Crippen molar-refractivity contribution in [1.82, 2.24) is 4.90 Å². The van der Waals surface area contributed by atoms with Gasteiger partial charge in [-0.3, -0.25) is 14.5 Å². The van der Waals surface area contributed by atoms with Crippen LogP contribution < -0.4 is 5.32 Å². The van der Waals surface area contributed by atoms with Crippen molar-refractivity contribution in [2.75, 3.05) is 11.9 Å². The number of thiocarbonyl (C=S) groups is 1.